The van der Waals surface area contributed by atoms with Crippen molar-refractivity contribution in [1.29, 1.82) is 0 Å². The van der Waals surface area contributed by atoms with Crippen molar-refractivity contribution < 1.29 is 19.4 Å². The standard InChI is InChI=1S/C19H30N2O4/c1-19(2,3)25-18(23)20-16-7-9-21(10-8-16)14-15-5-4-6-17(13-15)24-12-11-22/h4-6,13,16,22H,7-12,14H2,1-3H3,(H,20,23). The number of hydrogen-bond acceptors (Lipinski definition) is 5. The highest BCUT2D eigenvalue weighted by atomic mass is 16.6. The Morgan fingerprint density at radius 1 is 1.32 bits per heavy atom. The van der Waals surface area contributed by atoms with Gasteiger partial charge in [-0.15, -0.1) is 0 Å². The second-order valence-electron chi connectivity index (χ2n) is 7.42. The lowest BCUT2D eigenvalue weighted by molar-refractivity contribution is 0.0477. The Balaban J connectivity index is 1.76. The molecule has 1 amide bonds. The quantitative estimate of drug-likeness (QED) is 0.825. The summed E-state index contributed by atoms with van der Waals surface area (Å²) < 4.78 is 10.8. The predicted octanol–water partition coefficient (Wildman–Crippen LogP) is 2.55. The van der Waals surface area contributed by atoms with Gasteiger partial charge in [0.15, 0.2) is 0 Å². The van der Waals surface area contributed by atoms with Gasteiger partial charge in [-0.3, -0.25) is 4.90 Å². The number of piperidine rings is 1. The van der Waals surface area contributed by atoms with Crippen LogP contribution >= 0.6 is 0 Å². The van der Waals surface area contributed by atoms with Gasteiger partial charge in [0.05, 0.1) is 6.61 Å². The molecule has 1 fully saturated rings. The van der Waals surface area contributed by atoms with Crippen molar-refractivity contribution in [2.24, 2.45) is 0 Å². The largest absolute Gasteiger partial charge is 0.491 e. The monoisotopic (exact) mass is 350 g/mol. The molecule has 0 bridgehead atoms. The van der Waals surface area contributed by atoms with E-state index in [0.29, 0.717) is 6.61 Å². The summed E-state index contributed by atoms with van der Waals surface area (Å²) in [6.45, 7) is 8.65. The normalized spacial score (nSPS) is 16.5. The Labute approximate surface area is 150 Å². The number of benzene rings is 1. The Morgan fingerprint density at radius 3 is 2.68 bits per heavy atom. The molecule has 0 radical (unpaired) electrons. The third kappa shape index (κ3) is 7.32. The minimum absolute atomic E-state index is 0.0163. The number of nitrogens with zero attached hydrogens (tertiary/aromatic N) is 1. The zero-order valence-electron chi connectivity index (χ0n) is 15.5. The number of aliphatic hydroxyl groups is 1. The molecular formula is C19H30N2O4. The summed E-state index contributed by atoms with van der Waals surface area (Å²) in [5.74, 6) is 0.785. The van der Waals surface area contributed by atoms with Crippen LogP contribution in [0.5, 0.6) is 5.75 Å². The van der Waals surface area contributed by atoms with Crippen LogP contribution in [-0.2, 0) is 11.3 Å². The molecule has 1 saturated heterocycles. The van der Waals surface area contributed by atoms with Crippen molar-refractivity contribution in [2.45, 2.75) is 51.8 Å². The number of carbonyl (C=O) groups excluding carboxylic acids is 1. The molecule has 0 aromatic heterocycles. The maximum Gasteiger partial charge on any atom is 0.407 e. The van der Waals surface area contributed by atoms with Crippen LogP contribution < -0.4 is 10.1 Å². The molecule has 6 nitrogen and oxygen atoms in total. The Hall–Kier alpha value is -1.79. The highest BCUT2D eigenvalue weighted by Crippen LogP contribution is 2.18. The topological polar surface area (TPSA) is 71.0 Å². The molecule has 140 valence electrons. The second kappa shape index (κ2) is 9.06. The molecule has 0 aliphatic carbocycles. The van der Waals surface area contributed by atoms with Crippen molar-refractivity contribution in [3.05, 3.63) is 29.8 Å². The maximum atomic E-state index is 11.8. The highest BCUT2D eigenvalue weighted by molar-refractivity contribution is 5.68. The average molecular weight is 350 g/mol. The maximum absolute atomic E-state index is 11.8. The van der Waals surface area contributed by atoms with Crippen molar-refractivity contribution in [3.8, 4) is 5.75 Å². The fourth-order valence-electron chi connectivity index (χ4n) is 2.86. The lowest BCUT2D eigenvalue weighted by Crippen LogP contribution is -2.45. The van der Waals surface area contributed by atoms with Gasteiger partial charge < -0.3 is 19.9 Å². The van der Waals surface area contributed by atoms with Crippen LogP contribution in [0.2, 0.25) is 0 Å². The molecule has 1 heterocycles. The van der Waals surface area contributed by atoms with Gasteiger partial charge in [-0.05, 0) is 51.3 Å². The van der Waals surface area contributed by atoms with Crippen molar-refractivity contribution in [1.82, 2.24) is 10.2 Å². The number of ether oxygens (including phenoxy) is 2. The summed E-state index contributed by atoms with van der Waals surface area (Å²) in [6.07, 6.45) is 1.50. The van der Waals surface area contributed by atoms with Crippen LogP contribution in [0, 0.1) is 0 Å². The first-order valence-electron chi connectivity index (χ1n) is 8.90. The van der Waals surface area contributed by atoms with Crippen LogP contribution in [0.1, 0.15) is 39.2 Å². The molecule has 1 aliphatic heterocycles. The first-order chi connectivity index (χ1) is 11.9. The van der Waals surface area contributed by atoms with E-state index in [4.69, 9.17) is 14.6 Å². The number of hydrogen-bond donors (Lipinski definition) is 2. The number of carbonyl (C=O) groups is 1. The van der Waals surface area contributed by atoms with Crippen LogP contribution in [0.3, 0.4) is 0 Å². The Kier molecular flexibility index (Phi) is 7.08. The van der Waals surface area contributed by atoms with Crippen LogP contribution in [0.4, 0.5) is 4.79 Å². The molecule has 1 aliphatic rings. The second-order valence-corrected chi connectivity index (χ2v) is 7.42. The first kappa shape index (κ1) is 19.5. The van der Waals surface area contributed by atoms with E-state index < -0.39 is 5.60 Å². The SMILES string of the molecule is CC(C)(C)OC(=O)NC1CCN(Cc2cccc(OCCO)c2)CC1. The third-order valence-electron chi connectivity index (χ3n) is 3.97. The zero-order valence-corrected chi connectivity index (χ0v) is 15.5. The van der Waals surface area contributed by atoms with Gasteiger partial charge in [0, 0.05) is 25.7 Å². The van der Waals surface area contributed by atoms with E-state index >= 15 is 0 Å². The summed E-state index contributed by atoms with van der Waals surface area (Å²) in [6, 6.07) is 8.14. The lowest BCUT2D eigenvalue weighted by Gasteiger charge is -2.32. The molecule has 1 aromatic rings. The van der Waals surface area contributed by atoms with E-state index in [9.17, 15) is 4.79 Å². The van der Waals surface area contributed by atoms with Gasteiger partial charge in [0.1, 0.15) is 18.0 Å². The minimum atomic E-state index is -0.464. The van der Waals surface area contributed by atoms with Crippen molar-refractivity contribution in [3.63, 3.8) is 0 Å². The molecule has 0 saturated carbocycles. The van der Waals surface area contributed by atoms with Crippen molar-refractivity contribution >= 4 is 6.09 Å². The smallest absolute Gasteiger partial charge is 0.407 e. The molecule has 1 aromatic carbocycles. The molecule has 0 atom stereocenters. The van der Waals surface area contributed by atoms with E-state index in [2.05, 4.69) is 16.3 Å². The minimum Gasteiger partial charge on any atom is -0.491 e. The molecule has 0 unspecified atom stereocenters. The van der Waals surface area contributed by atoms with Gasteiger partial charge in [-0.1, -0.05) is 12.1 Å². The van der Waals surface area contributed by atoms with E-state index in [0.717, 1.165) is 38.2 Å². The molecule has 2 N–H and O–H groups in total. The fraction of sp³-hybridized carbons (Fsp3) is 0.632. The Bertz CT molecular complexity index is 549. The predicted molar refractivity (Wildman–Crippen MR) is 96.7 cm³/mol. The van der Waals surface area contributed by atoms with Gasteiger partial charge >= 0.3 is 6.09 Å². The van der Waals surface area contributed by atoms with Gasteiger partial charge in [0.2, 0.25) is 0 Å². The van der Waals surface area contributed by atoms with Gasteiger partial charge in [-0.25, -0.2) is 4.79 Å². The molecule has 0 spiro atoms. The van der Waals surface area contributed by atoms with Gasteiger partial charge in [-0.2, -0.15) is 0 Å². The fourth-order valence-corrected chi connectivity index (χ4v) is 2.86. The summed E-state index contributed by atoms with van der Waals surface area (Å²) >= 11 is 0. The molecule has 6 heteroatoms. The van der Waals surface area contributed by atoms with E-state index in [1.54, 1.807) is 0 Å². The van der Waals surface area contributed by atoms with E-state index in [-0.39, 0.29) is 18.7 Å². The summed E-state index contributed by atoms with van der Waals surface area (Å²) in [5, 5.41) is 11.8. The third-order valence-corrected chi connectivity index (χ3v) is 3.97. The summed E-state index contributed by atoms with van der Waals surface area (Å²) in [5.41, 5.74) is 0.724. The van der Waals surface area contributed by atoms with E-state index in [1.807, 2.05) is 39.0 Å². The lowest BCUT2D eigenvalue weighted by atomic mass is 10.0. The van der Waals surface area contributed by atoms with Crippen molar-refractivity contribution in [2.75, 3.05) is 26.3 Å². The number of amides is 1. The van der Waals surface area contributed by atoms with Crippen LogP contribution in [0.25, 0.3) is 0 Å². The molecule has 25 heavy (non-hydrogen) atoms. The van der Waals surface area contributed by atoms with Crippen LogP contribution in [0.15, 0.2) is 24.3 Å². The number of alkyl carbamates (subject to hydrolysis) is 1. The van der Waals surface area contributed by atoms with Crippen LogP contribution in [-0.4, -0.2) is 54.0 Å². The van der Waals surface area contributed by atoms with E-state index in [1.165, 1.54) is 5.56 Å². The highest BCUT2D eigenvalue weighted by Gasteiger charge is 2.23. The summed E-state index contributed by atoms with van der Waals surface area (Å²) in [4.78, 5) is 14.2. The average Bonchev–Trinajstić information content (AvgIpc) is 2.53. The molecular weight excluding hydrogens is 320 g/mol. The first-order valence-corrected chi connectivity index (χ1v) is 8.90. The number of rotatable bonds is 6. The van der Waals surface area contributed by atoms with Gasteiger partial charge in [0.25, 0.3) is 0 Å². The number of aliphatic hydroxyl groups excluding tert-OH is 1. The molecule has 2 rings (SSSR count). The Morgan fingerprint density at radius 2 is 2.04 bits per heavy atom. The zero-order chi connectivity index (χ0) is 18.3. The summed E-state index contributed by atoms with van der Waals surface area (Å²) in [7, 11) is 0. The number of likely N-dealkylation sites (tertiary alicyclic amines) is 1. The number of nitrogens with one attached hydrogen (secondary N) is 1.